The summed E-state index contributed by atoms with van der Waals surface area (Å²) in [5.41, 5.74) is 0.878. The maximum Gasteiger partial charge on any atom is 0.328 e. The Balaban J connectivity index is 2.22. The smallest absolute Gasteiger partial charge is 0.328 e. The Morgan fingerprint density at radius 3 is 2.20 bits per heavy atom. The molecule has 0 unspecified atom stereocenters. The number of aliphatic hydroxyl groups is 1. The number of nitrogens with zero attached hydrogens (tertiary/aromatic N) is 1. The molecule has 30 heavy (non-hydrogen) atoms. The maximum atomic E-state index is 12.7. The Kier molecular flexibility index (Phi) is 8.54. The molecule has 0 heterocycles. The predicted molar refractivity (Wildman–Crippen MR) is 108 cm³/mol. The van der Waals surface area contributed by atoms with E-state index in [-0.39, 0.29) is 12.8 Å². The van der Waals surface area contributed by atoms with Crippen LogP contribution in [0, 0.1) is 11.3 Å². The number of rotatable bonds is 9. The molecule has 2 aromatic carbocycles. The number of hydrogen-bond acceptors (Lipinski definition) is 6. The molecular weight excluding hydrogens is 386 g/mol. The van der Waals surface area contributed by atoms with Crippen LogP contribution in [0.4, 0.5) is 0 Å². The number of nitriles is 1. The highest BCUT2D eigenvalue weighted by atomic mass is 16.5. The van der Waals surface area contributed by atoms with Gasteiger partial charge in [0.05, 0.1) is 19.2 Å². The molecular formula is C22H23N3O5. The number of amides is 2. The third-order valence-corrected chi connectivity index (χ3v) is 4.41. The fraction of sp³-hybridized carbons (Fsp3) is 0.273. The predicted octanol–water partition coefficient (Wildman–Crippen LogP) is 1.48. The highest BCUT2D eigenvalue weighted by Crippen LogP contribution is 2.19. The van der Waals surface area contributed by atoms with Gasteiger partial charge in [-0.3, -0.25) is 9.59 Å². The molecule has 0 aromatic heterocycles. The third-order valence-electron chi connectivity index (χ3n) is 4.41. The number of benzene rings is 2. The summed E-state index contributed by atoms with van der Waals surface area (Å²) < 4.78 is 4.64. The van der Waals surface area contributed by atoms with Gasteiger partial charge in [0.2, 0.25) is 0 Å². The standard InChI is InChI=1S/C22H23N3O5/c1-30-22(29)17(13-8-14-23)24-21(28)19(26)18(15-9-4-2-5-10-15)25-20(27)16-11-6-3-7-12-16/h2-7,9-12,17-19,26H,8,13H2,1H3,(H,24,28)(H,25,27)/t17-,18-,19+/m0/s1. The number of hydrogen-bond donors (Lipinski definition) is 3. The first-order valence-corrected chi connectivity index (χ1v) is 9.32. The summed E-state index contributed by atoms with van der Waals surface area (Å²) >= 11 is 0. The first-order valence-electron chi connectivity index (χ1n) is 9.32. The average Bonchev–Trinajstić information content (AvgIpc) is 2.80. The van der Waals surface area contributed by atoms with Crippen LogP contribution in [0.1, 0.15) is 34.8 Å². The van der Waals surface area contributed by atoms with Crippen LogP contribution < -0.4 is 10.6 Å². The van der Waals surface area contributed by atoms with Gasteiger partial charge in [-0.05, 0) is 24.1 Å². The molecule has 0 spiro atoms. The number of aliphatic hydroxyl groups excluding tert-OH is 1. The zero-order valence-electron chi connectivity index (χ0n) is 16.4. The Morgan fingerprint density at radius 1 is 1.03 bits per heavy atom. The lowest BCUT2D eigenvalue weighted by atomic mass is 9.99. The molecule has 8 nitrogen and oxygen atoms in total. The molecule has 0 bridgehead atoms. The van der Waals surface area contributed by atoms with Crippen LogP contribution in [0.3, 0.4) is 0 Å². The van der Waals surface area contributed by atoms with Gasteiger partial charge in [-0.2, -0.15) is 5.26 Å². The second-order valence-electron chi connectivity index (χ2n) is 6.45. The Morgan fingerprint density at radius 2 is 1.63 bits per heavy atom. The van der Waals surface area contributed by atoms with Crippen molar-refractivity contribution >= 4 is 17.8 Å². The van der Waals surface area contributed by atoms with Crippen LogP contribution >= 0.6 is 0 Å². The highest BCUT2D eigenvalue weighted by molar-refractivity contribution is 5.95. The van der Waals surface area contributed by atoms with Crippen molar-refractivity contribution < 1.29 is 24.2 Å². The summed E-state index contributed by atoms with van der Waals surface area (Å²) in [6.45, 7) is 0. The summed E-state index contributed by atoms with van der Waals surface area (Å²) in [5.74, 6) is -2.06. The number of carbonyl (C=O) groups is 3. The lowest BCUT2D eigenvalue weighted by molar-refractivity contribution is -0.146. The van der Waals surface area contributed by atoms with Crippen LogP contribution in [-0.2, 0) is 14.3 Å². The zero-order valence-corrected chi connectivity index (χ0v) is 16.4. The molecule has 0 saturated carbocycles. The molecule has 0 saturated heterocycles. The third kappa shape index (κ3) is 6.15. The SMILES string of the molecule is COC(=O)[C@H](CCC#N)NC(=O)[C@H](O)[C@@H](NC(=O)c1ccccc1)c1ccccc1. The van der Waals surface area contributed by atoms with Gasteiger partial charge in [0.25, 0.3) is 11.8 Å². The van der Waals surface area contributed by atoms with Crippen LogP contribution in [0.25, 0.3) is 0 Å². The van der Waals surface area contributed by atoms with Crippen LogP contribution in [0.2, 0.25) is 0 Å². The largest absolute Gasteiger partial charge is 0.467 e. The topological polar surface area (TPSA) is 129 Å². The Bertz CT molecular complexity index is 896. The van der Waals surface area contributed by atoms with Crippen molar-refractivity contribution in [1.82, 2.24) is 10.6 Å². The van der Waals surface area contributed by atoms with Crippen molar-refractivity contribution in [3.8, 4) is 6.07 Å². The van der Waals surface area contributed by atoms with E-state index in [9.17, 15) is 19.5 Å². The normalized spacial score (nSPS) is 13.2. The minimum Gasteiger partial charge on any atom is -0.467 e. The number of nitrogens with one attached hydrogen (secondary N) is 2. The summed E-state index contributed by atoms with van der Waals surface area (Å²) in [6.07, 6.45) is -1.63. The number of methoxy groups -OCH3 is 1. The fourth-order valence-corrected chi connectivity index (χ4v) is 2.83. The van der Waals surface area contributed by atoms with Crippen molar-refractivity contribution in [2.75, 3.05) is 7.11 Å². The van der Waals surface area contributed by atoms with Gasteiger partial charge in [0, 0.05) is 12.0 Å². The lowest BCUT2D eigenvalue weighted by Gasteiger charge is -2.25. The van der Waals surface area contributed by atoms with E-state index >= 15 is 0 Å². The Labute approximate surface area is 174 Å². The van der Waals surface area contributed by atoms with Crippen molar-refractivity contribution in [3.63, 3.8) is 0 Å². The molecule has 0 radical (unpaired) electrons. The quantitative estimate of drug-likeness (QED) is 0.538. The molecule has 156 valence electrons. The monoisotopic (exact) mass is 409 g/mol. The number of esters is 1. The maximum absolute atomic E-state index is 12.7. The molecule has 2 amide bonds. The molecule has 2 rings (SSSR count). The Hall–Kier alpha value is -3.70. The molecule has 0 fully saturated rings. The molecule has 0 aliphatic rings. The molecule has 2 aromatic rings. The first kappa shape index (κ1) is 22.6. The van der Waals surface area contributed by atoms with Crippen molar-refractivity contribution in [2.45, 2.75) is 31.0 Å². The van der Waals surface area contributed by atoms with Crippen molar-refractivity contribution in [3.05, 3.63) is 71.8 Å². The molecule has 0 aliphatic heterocycles. The lowest BCUT2D eigenvalue weighted by Crippen LogP contribution is -2.50. The second kappa shape index (κ2) is 11.3. The van der Waals surface area contributed by atoms with Crippen LogP contribution in [-0.4, -0.2) is 42.1 Å². The van der Waals surface area contributed by atoms with Gasteiger partial charge in [0.1, 0.15) is 6.04 Å². The average molecular weight is 409 g/mol. The summed E-state index contributed by atoms with van der Waals surface area (Å²) in [4.78, 5) is 37.2. The van der Waals surface area contributed by atoms with Gasteiger partial charge in [-0.15, -0.1) is 0 Å². The van der Waals surface area contributed by atoms with E-state index in [0.717, 1.165) is 7.11 Å². The van der Waals surface area contributed by atoms with Gasteiger partial charge >= 0.3 is 5.97 Å². The van der Waals surface area contributed by atoms with Crippen LogP contribution in [0.5, 0.6) is 0 Å². The van der Waals surface area contributed by atoms with E-state index in [0.29, 0.717) is 11.1 Å². The minimum atomic E-state index is -1.69. The van der Waals surface area contributed by atoms with E-state index in [1.165, 1.54) is 0 Å². The summed E-state index contributed by atoms with van der Waals surface area (Å²) in [5, 5.41) is 24.5. The van der Waals surface area contributed by atoms with Gasteiger partial charge < -0.3 is 20.5 Å². The van der Waals surface area contributed by atoms with Gasteiger partial charge in [0.15, 0.2) is 6.10 Å². The molecule has 3 atom stereocenters. The van der Waals surface area contributed by atoms with Crippen molar-refractivity contribution in [2.24, 2.45) is 0 Å². The van der Waals surface area contributed by atoms with E-state index in [2.05, 4.69) is 15.4 Å². The van der Waals surface area contributed by atoms with E-state index < -0.39 is 36.0 Å². The molecule has 0 aliphatic carbocycles. The minimum absolute atomic E-state index is 0.0169. The van der Waals surface area contributed by atoms with Gasteiger partial charge in [-0.1, -0.05) is 48.5 Å². The second-order valence-corrected chi connectivity index (χ2v) is 6.45. The molecule has 3 N–H and O–H groups in total. The van der Waals surface area contributed by atoms with Crippen molar-refractivity contribution in [1.29, 1.82) is 5.26 Å². The van der Waals surface area contributed by atoms with Crippen LogP contribution in [0.15, 0.2) is 60.7 Å². The highest BCUT2D eigenvalue weighted by Gasteiger charge is 2.32. The van der Waals surface area contributed by atoms with Gasteiger partial charge in [-0.25, -0.2) is 4.79 Å². The molecule has 8 heteroatoms. The summed E-state index contributed by atoms with van der Waals surface area (Å²) in [6, 6.07) is 16.7. The number of carbonyl (C=O) groups excluding carboxylic acids is 3. The first-order chi connectivity index (χ1) is 14.5. The van der Waals surface area contributed by atoms with E-state index in [4.69, 9.17) is 5.26 Å². The van der Waals surface area contributed by atoms with E-state index in [1.54, 1.807) is 60.7 Å². The summed E-state index contributed by atoms with van der Waals surface area (Å²) in [7, 11) is 1.16. The zero-order chi connectivity index (χ0) is 21.9. The van der Waals surface area contributed by atoms with E-state index in [1.807, 2.05) is 6.07 Å². The fourth-order valence-electron chi connectivity index (χ4n) is 2.83. The number of ether oxygens (including phenoxy) is 1.